The Balaban J connectivity index is 2.12. The van der Waals surface area contributed by atoms with Crippen molar-refractivity contribution in [2.24, 2.45) is 11.8 Å². The summed E-state index contributed by atoms with van der Waals surface area (Å²) in [6, 6.07) is 2.26. The quantitative estimate of drug-likeness (QED) is 0.646. The van der Waals surface area contributed by atoms with Gasteiger partial charge in [-0.25, -0.2) is 8.78 Å². The van der Waals surface area contributed by atoms with Crippen molar-refractivity contribution in [1.29, 1.82) is 0 Å². The maximum Gasteiger partial charge on any atom is 0.239 e. The Morgan fingerprint density at radius 1 is 1.29 bits per heavy atom. The molecule has 1 aromatic carbocycles. The Labute approximate surface area is 119 Å². The van der Waals surface area contributed by atoms with Gasteiger partial charge in [0.25, 0.3) is 0 Å². The predicted molar refractivity (Wildman–Crippen MR) is 68.7 cm³/mol. The van der Waals surface area contributed by atoms with E-state index < -0.39 is 47.2 Å². The highest BCUT2D eigenvalue weighted by molar-refractivity contribution is 6.14. The number of carbonyl (C=O) groups excluding carboxylic acids is 3. The molecule has 1 fully saturated rings. The second kappa shape index (κ2) is 5.59. The van der Waals surface area contributed by atoms with Crippen molar-refractivity contribution in [3.8, 4) is 0 Å². The number of carbonyl (C=O) groups is 3. The van der Waals surface area contributed by atoms with Gasteiger partial charge in [-0.15, -0.1) is 0 Å². The molecule has 0 aliphatic carbocycles. The van der Waals surface area contributed by atoms with E-state index in [1.165, 1.54) is 19.9 Å². The standard InChI is InChI=1S/C14H14F2N2O3/c1-6-11(14(21)18-12(6)19)13(20)17-7(2)9-4-3-8(15)5-10(9)16/h3-7,11H,1-2H3,(H,17,20)(H,18,19,21). The lowest BCUT2D eigenvalue weighted by atomic mass is 9.95. The maximum absolute atomic E-state index is 13.6. The molecule has 112 valence electrons. The van der Waals surface area contributed by atoms with E-state index in [1.807, 2.05) is 0 Å². The molecule has 0 spiro atoms. The number of rotatable bonds is 3. The second-order valence-corrected chi connectivity index (χ2v) is 5.02. The molecule has 5 nitrogen and oxygen atoms in total. The Bertz CT molecular complexity index is 618. The van der Waals surface area contributed by atoms with E-state index in [2.05, 4.69) is 10.6 Å². The number of hydrogen-bond acceptors (Lipinski definition) is 3. The number of imide groups is 1. The van der Waals surface area contributed by atoms with Crippen LogP contribution in [0.4, 0.5) is 8.78 Å². The number of amides is 3. The monoisotopic (exact) mass is 296 g/mol. The molecule has 3 unspecified atom stereocenters. The molecule has 3 atom stereocenters. The fourth-order valence-electron chi connectivity index (χ4n) is 2.27. The van der Waals surface area contributed by atoms with Crippen LogP contribution < -0.4 is 10.6 Å². The van der Waals surface area contributed by atoms with Crippen LogP contribution >= 0.6 is 0 Å². The molecule has 1 saturated heterocycles. The van der Waals surface area contributed by atoms with Crippen molar-refractivity contribution in [2.75, 3.05) is 0 Å². The molecule has 3 amide bonds. The van der Waals surface area contributed by atoms with Crippen molar-refractivity contribution in [1.82, 2.24) is 10.6 Å². The van der Waals surface area contributed by atoms with Crippen molar-refractivity contribution in [3.05, 3.63) is 35.4 Å². The molecule has 21 heavy (non-hydrogen) atoms. The molecule has 1 aliphatic heterocycles. The zero-order valence-electron chi connectivity index (χ0n) is 11.4. The van der Waals surface area contributed by atoms with Crippen molar-refractivity contribution >= 4 is 17.7 Å². The molecule has 0 bridgehead atoms. The van der Waals surface area contributed by atoms with Crippen molar-refractivity contribution in [2.45, 2.75) is 19.9 Å². The van der Waals surface area contributed by atoms with Crippen LogP contribution in [-0.2, 0) is 14.4 Å². The molecule has 2 N–H and O–H groups in total. The van der Waals surface area contributed by atoms with Gasteiger partial charge in [-0.1, -0.05) is 13.0 Å². The molecule has 1 aromatic rings. The summed E-state index contributed by atoms with van der Waals surface area (Å²) in [4.78, 5) is 34.9. The molecule has 0 radical (unpaired) electrons. The molecule has 1 heterocycles. The minimum atomic E-state index is -1.14. The summed E-state index contributed by atoms with van der Waals surface area (Å²) in [6.45, 7) is 2.97. The van der Waals surface area contributed by atoms with Gasteiger partial charge < -0.3 is 5.32 Å². The molecular weight excluding hydrogens is 282 g/mol. The van der Waals surface area contributed by atoms with Gasteiger partial charge in [0.15, 0.2) is 0 Å². The Morgan fingerprint density at radius 3 is 2.48 bits per heavy atom. The van der Waals surface area contributed by atoms with E-state index in [0.29, 0.717) is 6.07 Å². The summed E-state index contributed by atoms with van der Waals surface area (Å²) < 4.78 is 26.5. The third-order valence-electron chi connectivity index (χ3n) is 3.51. The zero-order chi connectivity index (χ0) is 15.7. The fraction of sp³-hybridized carbons (Fsp3) is 0.357. The highest BCUT2D eigenvalue weighted by Gasteiger charge is 2.43. The molecule has 7 heteroatoms. The van der Waals surface area contributed by atoms with Gasteiger partial charge in [0.2, 0.25) is 17.7 Å². The zero-order valence-corrected chi connectivity index (χ0v) is 11.4. The third-order valence-corrected chi connectivity index (χ3v) is 3.51. The van der Waals surface area contributed by atoms with Gasteiger partial charge in [0.05, 0.1) is 12.0 Å². The van der Waals surface area contributed by atoms with Crippen LogP contribution in [0.1, 0.15) is 25.5 Å². The minimum Gasteiger partial charge on any atom is -0.349 e. The first-order valence-corrected chi connectivity index (χ1v) is 6.41. The van der Waals surface area contributed by atoms with Crippen LogP contribution in [0.3, 0.4) is 0 Å². The minimum absolute atomic E-state index is 0.0992. The SMILES string of the molecule is CC(NC(=O)C1C(=O)NC(=O)C1C)c1ccc(F)cc1F. The summed E-state index contributed by atoms with van der Waals surface area (Å²) in [5.74, 6) is -5.27. The first-order valence-electron chi connectivity index (χ1n) is 6.41. The smallest absolute Gasteiger partial charge is 0.239 e. The predicted octanol–water partition coefficient (Wildman–Crippen LogP) is 1.05. The number of hydrogen-bond donors (Lipinski definition) is 2. The van der Waals surface area contributed by atoms with Crippen LogP contribution in [-0.4, -0.2) is 17.7 Å². The largest absolute Gasteiger partial charge is 0.349 e. The van der Waals surface area contributed by atoms with Crippen LogP contribution in [0, 0.1) is 23.5 Å². The third kappa shape index (κ3) is 2.91. The van der Waals surface area contributed by atoms with Gasteiger partial charge >= 0.3 is 0 Å². The molecule has 0 saturated carbocycles. The van der Waals surface area contributed by atoms with Gasteiger partial charge in [-0.05, 0) is 13.0 Å². The van der Waals surface area contributed by atoms with E-state index in [9.17, 15) is 23.2 Å². The van der Waals surface area contributed by atoms with Crippen molar-refractivity contribution in [3.63, 3.8) is 0 Å². The molecule has 1 aliphatic rings. The summed E-state index contributed by atoms with van der Waals surface area (Å²) in [5.41, 5.74) is 0.0992. The highest BCUT2D eigenvalue weighted by Crippen LogP contribution is 2.22. The van der Waals surface area contributed by atoms with E-state index >= 15 is 0 Å². The first-order chi connectivity index (χ1) is 9.81. The average molecular weight is 296 g/mol. The number of benzene rings is 1. The molecular formula is C14H14F2N2O3. The fourth-order valence-corrected chi connectivity index (χ4v) is 2.27. The maximum atomic E-state index is 13.6. The molecule has 2 rings (SSSR count). The van der Waals surface area contributed by atoms with Crippen LogP contribution in [0.15, 0.2) is 18.2 Å². The summed E-state index contributed by atoms with van der Waals surface area (Å²) in [7, 11) is 0. The normalized spacial score (nSPS) is 22.9. The average Bonchev–Trinajstić information content (AvgIpc) is 2.62. The Kier molecular flexibility index (Phi) is 4.02. The van der Waals surface area contributed by atoms with Gasteiger partial charge in [0.1, 0.15) is 17.6 Å². The summed E-state index contributed by atoms with van der Waals surface area (Å²) >= 11 is 0. The lowest BCUT2D eigenvalue weighted by Crippen LogP contribution is -2.38. The van der Waals surface area contributed by atoms with Crippen LogP contribution in [0.25, 0.3) is 0 Å². The van der Waals surface area contributed by atoms with E-state index in [0.717, 1.165) is 6.07 Å². The number of halogens is 2. The van der Waals surface area contributed by atoms with E-state index in [1.54, 1.807) is 0 Å². The first kappa shape index (κ1) is 15.1. The summed E-state index contributed by atoms with van der Waals surface area (Å²) in [6.07, 6.45) is 0. The molecule has 0 aromatic heterocycles. The van der Waals surface area contributed by atoms with Crippen molar-refractivity contribution < 1.29 is 23.2 Å². The lowest BCUT2D eigenvalue weighted by Gasteiger charge is -2.18. The van der Waals surface area contributed by atoms with Crippen LogP contribution in [0.2, 0.25) is 0 Å². The number of nitrogens with one attached hydrogen (secondary N) is 2. The summed E-state index contributed by atoms with van der Waals surface area (Å²) in [5, 5.41) is 4.53. The Hall–Kier alpha value is -2.31. The topological polar surface area (TPSA) is 75.3 Å². The second-order valence-electron chi connectivity index (χ2n) is 5.02. The van der Waals surface area contributed by atoms with E-state index in [-0.39, 0.29) is 5.56 Å². The van der Waals surface area contributed by atoms with Crippen LogP contribution in [0.5, 0.6) is 0 Å². The van der Waals surface area contributed by atoms with Gasteiger partial charge in [-0.2, -0.15) is 0 Å². The Morgan fingerprint density at radius 2 is 1.95 bits per heavy atom. The lowest BCUT2D eigenvalue weighted by molar-refractivity contribution is -0.134. The van der Waals surface area contributed by atoms with Gasteiger partial charge in [0, 0.05) is 11.6 Å². The van der Waals surface area contributed by atoms with E-state index in [4.69, 9.17) is 0 Å². The highest BCUT2D eigenvalue weighted by atomic mass is 19.1. The van der Waals surface area contributed by atoms with Gasteiger partial charge in [-0.3, -0.25) is 19.7 Å².